The van der Waals surface area contributed by atoms with Gasteiger partial charge in [0.05, 0.1) is 5.69 Å². The normalized spacial score (nSPS) is 26.5. The van der Waals surface area contributed by atoms with Crippen molar-refractivity contribution >= 4 is 23.3 Å². The molecule has 4 rings (SSSR count). The molecule has 2 aliphatic heterocycles. The highest BCUT2D eigenvalue weighted by atomic mass is 32.2. The van der Waals surface area contributed by atoms with Gasteiger partial charge in [-0.05, 0) is 19.1 Å². The average Bonchev–Trinajstić information content (AvgIpc) is 2.80. The molecule has 0 amide bonds. The van der Waals surface area contributed by atoms with Crippen LogP contribution in [0.5, 0.6) is 0 Å². The Kier molecular flexibility index (Phi) is 3.15. The van der Waals surface area contributed by atoms with E-state index >= 15 is 0 Å². The predicted octanol–water partition coefficient (Wildman–Crippen LogP) is 4.49. The molecule has 0 radical (unpaired) electrons. The third kappa shape index (κ3) is 2.10. The van der Waals surface area contributed by atoms with Crippen LogP contribution in [-0.4, -0.2) is 16.8 Å². The number of benzene rings is 2. The van der Waals surface area contributed by atoms with Gasteiger partial charge in [0.25, 0.3) is 0 Å². The van der Waals surface area contributed by atoms with Crippen molar-refractivity contribution < 1.29 is 4.84 Å². The third-order valence-electron chi connectivity index (χ3n) is 4.15. The van der Waals surface area contributed by atoms with E-state index < -0.39 is 5.72 Å². The number of rotatable bonds is 1. The van der Waals surface area contributed by atoms with Crippen molar-refractivity contribution in [2.24, 2.45) is 5.16 Å². The van der Waals surface area contributed by atoms with E-state index in [2.05, 4.69) is 60.3 Å². The van der Waals surface area contributed by atoms with Crippen LogP contribution in [0.25, 0.3) is 0 Å². The van der Waals surface area contributed by atoms with Gasteiger partial charge < -0.3 is 4.84 Å². The van der Waals surface area contributed by atoms with Crippen LogP contribution in [0, 0.1) is 0 Å². The minimum absolute atomic E-state index is 0.426. The molecule has 0 saturated carbocycles. The van der Waals surface area contributed by atoms with Crippen LogP contribution in [0.4, 0.5) is 5.69 Å². The molecule has 0 aromatic heterocycles. The van der Waals surface area contributed by atoms with E-state index in [9.17, 15) is 0 Å². The van der Waals surface area contributed by atoms with E-state index in [1.165, 1.54) is 10.6 Å². The van der Waals surface area contributed by atoms with Crippen LogP contribution < -0.4 is 4.90 Å². The number of nitrogens with zero attached hydrogens (tertiary/aromatic N) is 2. The average molecular weight is 310 g/mol. The minimum Gasteiger partial charge on any atom is -0.365 e. The highest BCUT2D eigenvalue weighted by Gasteiger charge is 2.47. The zero-order valence-electron chi connectivity index (χ0n) is 12.7. The summed E-state index contributed by atoms with van der Waals surface area (Å²) in [5.41, 5.74) is 1.84. The lowest BCUT2D eigenvalue weighted by Gasteiger charge is -2.33. The fourth-order valence-electron chi connectivity index (χ4n) is 3.25. The predicted molar refractivity (Wildman–Crippen MR) is 91.3 cm³/mol. The molecule has 3 nitrogen and oxygen atoms in total. The zero-order chi connectivity index (χ0) is 15.2. The molecule has 0 N–H and O–H groups in total. The summed E-state index contributed by atoms with van der Waals surface area (Å²) in [6.45, 7) is 4.38. The van der Waals surface area contributed by atoms with Gasteiger partial charge in [-0.15, -0.1) is 11.8 Å². The van der Waals surface area contributed by atoms with E-state index in [-0.39, 0.29) is 0 Å². The molecule has 0 bridgehead atoms. The molecule has 0 saturated heterocycles. The Balaban J connectivity index is 1.87. The number of anilines is 1. The summed E-state index contributed by atoms with van der Waals surface area (Å²) in [5, 5.41) is 4.90. The number of hydrogen-bond acceptors (Lipinski definition) is 4. The first-order valence-electron chi connectivity index (χ1n) is 7.55. The molecule has 0 aliphatic carbocycles. The summed E-state index contributed by atoms with van der Waals surface area (Å²) in [6.07, 6.45) is 0.923. The lowest BCUT2D eigenvalue weighted by atomic mass is 10.0. The van der Waals surface area contributed by atoms with Gasteiger partial charge in [0.1, 0.15) is 0 Å². The molecule has 2 unspecified atom stereocenters. The molecule has 2 aliphatic rings. The molecule has 2 atom stereocenters. The van der Waals surface area contributed by atoms with Crippen LogP contribution in [0.2, 0.25) is 0 Å². The summed E-state index contributed by atoms with van der Waals surface area (Å²) >= 11 is 1.91. The van der Waals surface area contributed by atoms with Gasteiger partial charge in [0.15, 0.2) is 5.84 Å². The third-order valence-corrected chi connectivity index (χ3v) is 5.31. The molecule has 2 aromatic rings. The molecule has 4 heteroatoms. The number of fused-ring (bicyclic) bond motifs is 3. The number of para-hydroxylation sites is 1. The summed E-state index contributed by atoms with van der Waals surface area (Å²) < 4.78 is 0. The van der Waals surface area contributed by atoms with Crippen LogP contribution >= 0.6 is 11.8 Å². The molecule has 0 spiro atoms. The highest BCUT2D eigenvalue weighted by Crippen LogP contribution is 2.46. The first-order valence-corrected chi connectivity index (χ1v) is 8.43. The maximum atomic E-state index is 5.92. The Morgan fingerprint density at radius 2 is 1.86 bits per heavy atom. The minimum atomic E-state index is -0.426. The number of amidine groups is 1. The standard InChI is InChI=1S/C18H18N2OS/c1-13-12-18(2)20(15-10-6-7-11-16(15)22-13)17(19-21-18)14-8-4-3-5-9-14/h3-11,13H,12H2,1-2H3. The Hall–Kier alpha value is -1.94. The lowest BCUT2D eigenvalue weighted by Crippen LogP contribution is -2.47. The summed E-state index contributed by atoms with van der Waals surface area (Å²) in [6, 6.07) is 18.8. The van der Waals surface area contributed by atoms with Gasteiger partial charge in [-0.25, -0.2) is 0 Å². The second-order valence-corrected chi connectivity index (χ2v) is 7.46. The largest absolute Gasteiger partial charge is 0.365 e. The molecule has 112 valence electrons. The Morgan fingerprint density at radius 1 is 1.14 bits per heavy atom. The summed E-state index contributed by atoms with van der Waals surface area (Å²) in [5.74, 6) is 0.894. The van der Waals surface area contributed by atoms with E-state index in [0.29, 0.717) is 5.25 Å². The van der Waals surface area contributed by atoms with Crippen molar-refractivity contribution in [3.8, 4) is 0 Å². The van der Waals surface area contributed by atoms with Gasteiger partial charge in [-0.1, -0.05) is 54.5 Å². The van der Waals surface area contributed by atoms with E-state index in [1.807, 2.05) is 30.0 Å². The van der Waals surface area contributed by atoms with Crippen LogP contribution in [0.3, 0.4) is 0 Å². The van der Waals surface area contributed by atoms with Gasteiger partial charge >= 0.3 is 0 Å². The summed E-state index contributed by atoms with van der Waals surface area (Å²) in [7, 11) is 0. The van der Waals surface area contributed by atoms with Gasteiger partial charge in [-0.3, -0.25) is 4.90 Å². The lowest BCUT2D eigenvalue weighted by molar-refractivity contribution is -0.00725. The van der Waals surface area contributed by atoms with Crippen molar-refractivity contribution in [3.05, 3.63) is 60.2 Å². The van der Waals surface area contributed by atoms with Crippen molar-refractivity contribution in [1.29, 1.82) is 0 Å². The SMILES string of the molecule is CC1CC2(C)ON=C(c3ccccc3)N2c2ccccc2S1. The van der Waals surface area contributed by atoms with Crippen molar-refractivity contribution in [2.75, 3.05) is 4.90 Å². The van der Waals surface area contributed by atoms with Crippen LogP contribution in [0.15, 0.2) is 64.6 Å². The molecule has 22 heavy (non-hydrogen) atoms. The van der Waals surface area contributed by atoms with Crippen LogP contribution in [0.1, 0.15) is 25.8 Å². The quantitative estimate of drug-likeness (QED) is 0.776. The first-order chi connectivity index (χ1) is 10.7. The fraction of sp³-hybridized carbons (Fsp3) is 0.278. The second-order valence-electron chi connectivity index (χ2n) is 5.98. The fourth-order valence-corrected chi connectivity index (χ4v) is 4.51. The highest BCUT2D eigenvalue weighted by molar-refractivity contribution is 8.00. The number of hydrogen-bond donors (Lipinski definition) is 0. The second kappa shape index (κ2) is 5.06. The monoisotopic (exact) mass is 310 g/mol. The maximum Gasteiger partial charge on any atom is 0.213 e. The Morgan fingerprint density at radius 3 is 2.68 bits per heavy atom. The van der Waals surface area contributed by atoms with Crippen molar-refractivity contribution in [3.63, 3.8) is 0 Å². The van der Waals surface area contributed by atoms with Crippen molar-refractivity contribution in [2.45, 2.75) is 36.1 Å². The van der Waals surface area contributed by atoms with E-state index in [1.54, 1.807) is 0 Å². The topological polar surface area (TPSA) is 24.8 Å². The maximum absolute atomic E-state index is 5.92. The molecule has 2 heterocycles. The Bertz CT molecular complexity index is 731. The van der Waals surface area contributed by atoms with E-state index in [0.717, 1.165) is 17.8 Å². The van der Waals surface area contributed by atoms with Crippen molar-refractivity contribution in [1.82, 2.24) is 0 Å². The smallest absolute Gasteiger partial charge is 0.213 e. The van der Waals surface area contributed by atoms with Gasteiger partial charge in [-0.2, -0.15) is 0 Å². The van der Waals surface area contributed by atoms with E-state index in [4.69, 9.17) is 4.84 Å². The number of thioether (sulfide) groups is 1. The van der Waals surface area contributed by atoms with Crippen LogP contribution in [-0.2, 0) is 4.84 Å². The first kappa shape index (κ1) is 13.7. The zero-order valence-corrected chi connectivity index (χ0v) is 13.5. The molecular formula is C18H18N2OS. The molecule has 2 aromatic carbocycles. The molecular weight excluding hydrogens is 292 g/mol. The molecule has 0 fully saturated rings. The van der Waals surface area contributed by atoms with Gasteiger partial charge in [0, 0.05) is 22.1 Å². The summed E-state index contributed by atoms with van der Waals surface area (Å²) in [4.78, 5) is 9.46. The van der Waals surface area contributed by atoms with Gasteiger partial charge in [0.2, 0.25) is 5.72 Å². The number of oxime groups is 1. The Labute approximate surface area is 135 Å².